The van der Waals surface area contributed by atoms with Crippen molar-refractivity contribution in [3.05, 3.63) is 36.5 Å². The van der Waals surface area contributed by atoms with Crippen molar-refractivity contribution in [2.75, 3.05) is 12.4 Å². The summed E-state index contributed by atoms with van der Waals surface area (Å²) >= 11 is 1.65. The van der Waals surface area contributed by atoms with E-state index >= 15 is 0 Å². The van der Waals surface area contributed by atoms with Crippen molar-refractivity contribution in [2.24, 2.45) is 0 Å². The number of fused-ring (bicyclic) bond motifs is 1. The van der Waals surface area contributed by atoms with E-state index in [-0.39, 0.29) is 5.60 Å². The summed E-state index contributed by atoms with van der Waals surface area (Å²) in [6.07, 6.45) is 1.84. The molecule has 3 rings (SSSR count). The largest absolute Gasteiger partial charge is 0.488 e. The molecule has 0 atom stereocenters. The first-order valence-corrected chi connectivity index (χ1v) is 8.00. The highest BCUT2D eigenvalue weighted by molar-refractivity contribution is 7.21. The molecule has 0 spiro atoms. The standard InChI is InChI=1S/C17H19N3OS/c1-17(2,3)21-12-6-7-13-14(9-12)22-16(20-13)11-5-8-15(18-4)19-10-11/h5-10H,1-4H3,(H,18,19). The quantitative estimate of drug-likeness (QED) is 0.769. The van der Waals surface area contributed by atoms with Crippen LogP contribution in [-0.2, 0) is 0 Å². The highest BCUT2D eigenvalue weighted by Gasteiger charge is 2.13. The molecule has 0 radical (unpaired) electrons. The van der Waals surface area contributed by atoms with Crippen LogP contribution in [0.3, 0.4) is 0 Å². The average Bonchev–Trinajstić information content (AvgIpc) is 2.89. The minimum atomic E-state index is -0.200. The Hall–Kier alpha value is -2.14. The fourth-order valence-corrected chi connectivity index (χ4v) is 3.10. The molecular weight excluding hydrogens is 294 g/mol. The van der Waals surface area contributed by atoms with Gasteiger partial charge in [-0.1, -0.05) is 0 Å². The Labute approximate surface area is 134 Å². The van der Waals surface area contributed by atoms with Crippen molar-refractivity contribution in [1.82, 2.24) is 9.97 Å². The van der Waals surface area contributed by atoms with E-state index in [1.165, 1.54) is 0 Å². The first-order valence-electron chi connectivity index (χ1n) is 7.18. The third-order valence-corrected chi connectivity index (χ3v) is 4.12. The number of nitrogens with zero attached hydrogens (tertiary/aromatic N) is 2. The molecule has 0 fully saturated rings. The zero-order valence-corrected chi connectivity index (χ0v) is 14.0. The maximum Gasteiger partial charge on any atom is 0.126 e. The molecule has 0 saturated heterocycles. The molecule has 0 unspecified atom stereocenters. The lowest BCUT2D eigenvalue weighted by Gasteiger charge is -2.21. The van der Waals surface area contributed by atoms with Crippen molar-refractivity contribution in [1.29, 1.82) is 0 Å². The second kappa shape index (κ2) is 5.57. The van der Waals surface area contributed by atoms with Crippen LogP contribution in [0.15, 0.2) is 36.5 Å². The van der Waals surface area contributed by atoms with E-state index in [1.807, 2.05) is 58.3 Å². The summed E-state index contributed by atoms with van der Waals surface area (Å²) in [7, 11) is 1.86. The van der Waals surface area contributed by atoms with Crippen LogP contribution >= 0.6 is 11.3 Å². The molecule has 114 valence electrons. The van der Waals surface area contributed by atoms with Crippen LogP contribution in [0.1, 0.15) is 20.8 Å². The van der Waals surface area contributed by atoms with E-state index in [0.29, 0.717) is 0 Å². The van der Waals surface area contributed by atoms with Gasteiger partial charge in [-0.25, -0.2) is 9.97 Å². The van der Waals surface area contributed by atoms with Crippen LogP contribution < -0.4 is 10.1 Å². The lowest BCUT2D eigenvalue weighted by molar-refractivity contribution is 0.131. The molecular formula is C17H19N3OS. The predicted octanol–water partition coefficient (Wildman–Crippen LogP) is 4.58. The van der Waals surface area contributed by atoms with E-state index in [0.717, 1.165) is 32.4 Å². The highest BCUT2D eigenvalue weighted by Crippen LogP contribution is 2.33. The van der Waals surface area contributed by atoms with Crippen molar-refractivity contribution < 1.29 is 4.74 Å². The summed E-state index contributed by atoms with van der Waals surface area (Å²) in [5.41, 5.74) is 1.81. The topological polar surface area (TPSA) is 47.0 Å². The zero-order chi connectivity index (χ0) is 15.7. The molecule has 1 aromatic carbocycles. The summed E-state index contributed by atoms with van der Waals surface area (Å²) < 4.78 is 7.03. The Morgan fingerprint density at radius 1 is 1.14 bits per heavy atom. The number of aromatic nitrogens is 2. The molecule has 0 aliphatic rings. The van der Waals surface area contributed by atoms with Crippen molar-refractivity contribution in [3.63, 3.8) is 0 Å². The number of rotatable bonds is 3. The van der Waals surface area contributed by atoms with Gasteiger partial charge < -0.3 is 10.1 Å². The van der Waals surface area contributed by atoms with Crippen LogP contribution in [0.4, 0.5) is 5.82 Å². The van der Waals surface area contributed by atoms with E-state index in [1.54, 1.807) is 11.3 Å². The zero-order valence-electron chi connectivity index (χ0n) is 13.2. The number of anilines is 1. The molecule has 0 saturated carbocycles. The van der Waals surface area contributed by atoms with Gasteiger partial charge in [0.05, 0.1) is 10.2 Å². The minimum Gasteiger partial charge on any atom is -0.488 e. The van der Waals surface area contributed by atoms with Gasteiger partial charge in [0, 0.05) is 18.8 Å². The van der Waals surface area contributed by atoms with Crippen LogP contribution in [0, 0.1) is 0 Å². The molecule has 0 aliphatic carbocycles. The van der Waals surface area contributed by atoms with E-state index < -0.39 is 0 Å². The Kier molecular flexibility index (Phi) is 3.74. The lowest BCUT2D eigenvalue weighted by Crippen LogP contribution is -2.22. The summed E-state index contributed by atoms with van der Waals surface area (Å²) in [5.74, 6) is 1.73. The SMILES string of the molecule is CNc1ccc(-c2nc3ccc(OC(C)(C)C)cc3s2)cn1. The minimum absolute atomic E-state index is 0.200. The van der Waals surface area contributed by atoms with Crippen LogP contribution in [0.2, 0.25) is 0 Å². The molecule has 0 bridgehead atoms. The van der Waals surface area contributed by atoms with Gasteiger partial charge >= 0.3 is 0 Å². The second-order valence-electron chi connectivity index (χ2n) is 6.05. The lowest BCUT2D eigenvalue weighted by atomic mass is 10.2. The van der Waals surface area contributed by atoms with Crippen molar-refractivity contribution in [3.8, 4) is 16.3 Å². The Balaban J connectivity index is 1.95. The van der Waals surface area contributed by atoms with Gasteiger partial charge in [-0.2, -0.15) is 0 Å². The van der Waals surface area contributed by atoms with Gasteiger partial charge in [-0.05, 0) is 51.1 Å². The van der Waals surface area contributed by atoms with Gasteiger partial charge in [0.25, 0.3) is 0 Å². The normalized spacial score (nSPS) is 11.6. The van der Waals surface area contributed by atoms with E-state index in [9.17, 15) is 0 Å². The molecule has 0 amide bonds. The highest BCUT2D eigenvalue weighted by atomic mass is 32.1. The molecule has 0 aliphatic heterocycles. The van der Waals surface area contributed by atoms with Crippen molar-refractivity contribution >= 4 is 27.4 Å². The Bertz CT molecular complexity index is 788. The fraction of sp³-hybridized carbons (Fsp3) is 0.294. The molecule has 4 nitrogen and oxygen atoms in total. The van der Waals surface area contributed by atoms with E-state index in [2.05, 4.69) is 21.4 Å². The number of benzene rings is 1. The number of ether oxygens (including phenoxy) is 1. The molecule has 22 heavy (non-hydrogen) atoms. The van der Waals surface area contributed by atoms with Gasteiger partial charge in [-0.3, -0.25) is 0 Å². The number of hydrogen-bond donors (Lipinski definition) is 1. The maximum atomic E-state index is 5.91. The van der Waals surface area contributed by atoms with E-state index in [4.69, 9.17) is 4.74 Å². The number of hydrogen-bond acceptors (Lipinski definition) is 5. The average molecular weight is 313 g/mol. The fourth-order valence-electron chi connectivity index (χ4n) is 2.11. The van der Waals surface area contributed by atoms with Crippen molar-refractivity contribution in [2.45, 2.75) is 26.4 Å². The Morgan fingerprint density at radius 3 is 2.59 bits per heavy atom. The number of pyridine rings is 1. The number of thiazole rings is 1. The van der Waals surface area contributed by atoms with Gasteiger partial charge in [0.15, 0.2) is 0 Å². The summed E-state index contributed by atoms with van der Waals surface area (Å²) in [5, 5.41) is 3.99. The first-order chi connectivity index (χ1) is 10.4. The predicted molar refractivity (Wildman–Crippen MR) is 92.8 cm³/mol. The summed E-state index contributed by atoms with van der Waals surface area (Å²) in [4.78, 5) is 9.02. The summed E-state index contributed by atoms with van der Waals surface area (Å²) in [6.45, 7) is 6.14. The first kappa shape index (κ1) is 14.8. The molecule has 1 N–H and O–H groups in total. The van der Waals surface area contributed by atoms with Gasteiger partial charge in [-0.15, -0.1) is 11.3 Å². The molecule has 2 aromatic heterocycles. The van der Waals surface area contributed by atoms with Crippen LogP contribution in [-0.4, -0.2) is 22.6 Å². The van der Waals surface area contributed by atoms with Crippen LogP contribution in [0.25, 0.3) is 20.8 Å². The van der Waals surface area contributed by atoms with Gasteiger partial charge in [0.1, 0.15) is 22.2 Å². The third-order valence-electron chi connectivity index (χ3n) is 3.05. The monoisotopic (exact) mass is 313 g/mol. The molecule has 3 aromatic rings. The van der Waals surface area contributed by atoms with Gasteiger partial charge in [0.2, 0.25) is 0 Å². The van der Waals surface area contributed by atoms with Crippen LogP contribution in [0.5, 0.6) is 5.75 Å². The molecule has 5 heteroatoms. The second-order valence-corrected chi connectivity index (χ2v) is 7.08. The third kappa shape index (κ3) is 3.20. The summed E-state index contributed by atoms with van der Waals surface area (Å²) in [6, 6.07) is 10.0. The Morgan fingerprint density at radius 2 is 1.95 bits per heavy atom. The maximum absolute atomic E-state index is 5.91. The smallest absolute Gasteiger partial charge is 0.126 e. The number of nitrogens with one attached hydrogen (secondary N) is 1. The molecule has 2 heterocycles.